The monoisotopic (exact) mass is 330 g/mol. The Morgan fingerprint density at radius 2 is 1.95 bits per heavy atom. The molecule has 2 aromatic rings. The topological polar surface area (TPSA) is 59.1 Å². The molecule has 0 radical (unpaired) electrons. The predicted octanol–water partition coefficient (Wildman–Crippen LogP) is 3.40. The third-order valence-electron chi connectivity index (χ3n) is 2.69. The molecule has 0 aliphatic carbocycles. The van der Waals surface area contributed by atoms with Gasteiger partial charge in [-0.25, -0.2) is 13.4 Å². The van der Waals surface area contributed by atoms with Crippen LogP contribution in [-0.4, -0.2) is 19.7 Å². The molecule has 1 aromatic carbocycles. The fourth-order valence-electron chi connectivity index (χ4n) is 1.76. The Morgan fingerprint density at radius 1 is 1.20 bits per heavy atom. The van der Waals surface area contributed by atoms with Gasteiger partial charge in [-0.3, -0.25) is 0 Å². The van der Waals surface area contributed by atoms with Crippen molar-refractivity contribution in [2.45, 2.75) is 11.4 Å². The van der Waals surface area contributed by atoms with Gasteiger partial charge in [0.2, 0.25) is 0 Å². The fourth-order valence-corrected chi connectivity index (χ4v) is 3.20. The lowest BCUT2D eigenvalue weighted by atomic mass is 10.2. The van der Waals surface area contributed by atoms with E-state index in [1.807, 2.05) is 0 Å². The third kappa shape index (κ3) is 3.42. The van der Waals surface area contributed by atoms with Gasteiger partial charge in [0, 0.05) is 29.6 Å². The summed E-state index contributed by atoms with van der Waals surface area (Å²) in [5.41, 5.74) is 1.13. The Morgan fingerprint density at radius 3 is 2.60 bits per heavy atom. The van der Waals surface area contributed by atoms with Gasteiger partial charge >= 0.3 is 0 Å². The smallest absolute Gasteiger partial charge is 0.175 e. The van der Waals surface area contributed by atoms with Crippen LogP contribution in [-0.2, 0) is 16.4 Å². The Bertz CT molecular complexity index is 733. The molecule has 1 heterocycles. The van der Waals surface area contributed by atoms with Crippen LogP contribution in [0.15, 0.2) is 41.4 Å². The number of hydrogen-bond acceptors (Lipinski definition) is 4. The molecule has 0 unspecified atom stereocenters. The highest BCUT2D eigenvalue weighted by atomic mass is 35.5. The van der Waals surface area contributed by atoms with E-state index in [4.69, 9.17) is 23.2 Å². The minimum atomic E-state index is -3.34. The van der Waals surface area contributed by atoms with Crippen molar-refractivity contribution in [1.82, 2.24) is 4.98 Å². The third-order valence-corrected chi connectivity index (χ3v) is 4.53. The van der Waals surface area contributed by atoms with E-state index in [9.17, 15) is 8.42 Å². The molecular weight excluding hydrogens is 319 g/mol. The van der Waals surface area contributed by atoms with Gasteiger partial charge in [0.1, 0.15) is 0 Å². The zero-order valence-electron chi connectivity index (χ0n) is 10.6. The maximum absolute atomic E-state index is 11.8. The van der Waals surface area contributed by atoms with Gasteiger partial charge in [0.25, 0.3) is 0 Å². The highest BCUT2D eigenvalue weighted by Gasteiger charge is 2.15. The Labute approximate surface area is 127 Å². The Balaban J connectivity index is 2.33. The zero-order chi connectivity index (χ0) is 14.8. The second-order valence-electron chi connectivity index (χ2n) is 4.18. The number of nitrogens with one attached hydrogen (secondary N) is 1. The first-order valence-corrected chi connectivity index (χ1v) is 8.36. The molecule has 0 saturated carbocycles. The van der Waals surface area contributed by atoms with Crippen molar-refractivity contribution in [3.05, 3.63) is 52.3 Å². The Kier molecular flexibility index (Phi) is 4.52. The molecular formula is C13H12Cl2N2O2S. The molecule has 0 aliphatic heterocycles. The molecule has 20 heavy (non-hydrogen) atoms. The van der Waals surface area contributed by atoms with Gasteiger partial charge in [-0.2, -0.15) is 0 Å². The largest absolute Gasteiger partial charge is 0.378 e. The SMILES string of the molecule is CS(=O)(=O)c1cccc(Cl)c1CNc1cccnc1Cl. The molecule has 7 heteroatoms. The normalized spacial score (nSPS) is 11.3. The van der Waals surface area contributed by atoms with E-state index >= 15 is 0 Å². The van der Waals surface area contributed by atoms with Crippen LogP contribution in [0.1, 0.15) is 5.56 Å². The summed E-state index contributed by atoms with van der Waals surface area (Å²) in [7, 11) is -3.34. The minimum absolute atomic E-state index is 0.206. The molecule has 0 spiro atoms. The van der Waals surface area contributed by atoms with Gasteiger partial charge in [-0.15, -0.1) is 0 Å². The van der Waals surface area contributed by atoms with E-state index < -0.39 is 9.84 Å². The highest BCUT2D eigenvalue weighted by Crippen LogP contribution is 2.26. The standard InChI is InChI=1S/C13H12Cl2N2O2S/c1-20(18,19)12-6-2-4-10(14)9(12)8-17-11-5-3-7-16-13(11)15/h2-7,17H,8H2,1H3. The molecule has 1 aromatic heterocycles. The van der Waals surface area contributed by atoms with Crippen molar-refractivity contribution in [3.63, 3.8) is 0 Å². The lowest BCUT2D eigenvalue weighted by Crippen LogP contribution is -2.08. The van der Waals surface area contributed by atoms with E-state index in [2.05, 4.69) is 10.3 Å². The van der Waals surface area contributed by atoms with Crippen LogP contribution in [0, 0.1) is 0 Å². The van der Waals surface area contributed by atoms with Crippen LogP contribution >= 0.6 is 23.2 Å². The summed E-state index contributed by atoms with van der Waals surface area (Å²) in [5.74, 6) is 0. The molecule has 0 bridgehead atoms. The number of benzene rings is 1. The first-order chi connectivity index (χ1) is 9.39. The van der Waals surface area contributed by atoms with Crippen LogP contribution in [0.5, 0.6) is 0 Å². The molecule has 0 fully saturated rings. The zero-order valence-corrected chi connectivity index (χ0v) is 12.9. The van der Waals surface area contributed by atoms with Crippen molar-refractivity contribution < 1.29 is 8.42 Å². The molecule has 2 rings (SSSR count). The minimum Gasteiger partial charge on any atom is -0.378 e. The molecule has 0 amide bonds. The first kappa shape index (κ1) is 15.1. The number of rotatable bonds is 4. The van der Waals surface area contributed by atoms with E-state index in [0.717, 1.165) is 6.26 Å². The lowest BCUT2D eigenvalue weighted by Gasteiger charge is -2.12. The number of halogens is 2. The summed E-state index contributed by atoms with van der Waals surface area (Å²) in [6.07, 6.45) is 2.73. The van der Waals surface area contributed by atoms with Crippen LogP contribution in [0.3, 0.4) is 0 Å². The lowest BCUT2D eigenvalue weighted by molar-refractivity contribution is 0.601. The maximum Gasteiger partial charge on any atom is 0.175 e. The van der Waals surface area contributed by atoms with Crippen LogP contribution in [0.25, 0.3) is 0 Å². The molecule has 106 valence electrons. The number of aromatic nitrogens is 1. The summed E-state index contributed by atoms with van der Waals surface area (Å²) >= 11 is 12.0. The van der Waals surface area contributed by atoms with Gasteiger partial charge in [0.05, 0.1) is 10.6 Å². The van der Waals surface area contributed by atoms with Crippen molar-refractivity contribution >= 4 is 38.7 Å². The van der Waals surface area contributed by atoms with Gasteiger partial charge in [-0.1, -0.05) is 29.3 Å². The molecule has 0 aliphatic rings. The second kappa shape index (κ2) is 5.99. The summed E-state index contributed by atoms with van der Waals surface area (Å²) < 4.78 is 23.5. The van der Waals surface area contributed by atoms with Crippen molar-refractivity contribution in [2.24, 2.45) is 0 Å². The van der Waals surface area contributed by atoms with E-state index in [1.165, 1.54) is 6.07 Å². The first-order valence-electron chi connectivity index (χ1n) is 5.71. The van der Waals surface area contributed by atoms with Crippen molar-refractivity contribution in [2.75, 3.05) is 11.6 Å². The Hall–Kier alpha value is -1.30. The number of hydrogen-bond donors (Lipinski definition) is 1. The molecule has 4 nitrogen and oxygen atoms in total. The summed E-state index contributed by atoms with van der Waals surface area (Å²) in [4.78, 5) is 4.14. The van der Waals surface area contributed by atoms with Gasteiger partial charge in [0.15, 0.2) is 15.0 Å². The molecule has 0 saturated heterocycles. The van der Waals surface area contributed by atoms with Crippen molar-refractivity contribution in [3.8, 4) is 0 Å². The van der Waals surface area contributed by atoms with Gasteiger partial charge in [-0.05, 0) is 24.3 Å². The van der Waals surface area contributed by atoms with E-state index in [0.29, 0.717) is 21.4 Å². The maximum atomic E-state index is 11.8. The van der Waals surface area contributed by atoms with Crippen LogP contribution in [0.4, 0.5) is 5.69 Å². The summed E-state index contributed by atoms with van der Waals surface area (Å²) in [6.45, 7) is 0.244. The van der Waals surface area contributed by atoms with Gasteiger partial charge < -0.3 is 5.32 Å². The number of pyridine rings is 1. The average Bonchev–Trinajstić information content (AvgIpc) is 2.37. The number of anilines is 1. The summed E-state index contributed by atoms with van der Waals surface area (Å²) in [5, 5.41) is 3.75. The average molecular weight is 331 g/mol. The number of nitrogens with zero attached hydrogens (tertiary/aromatic N) is 1. The molecule has 0 atom stereocenters. The number of sulfone groups is 1. The molecule has 1 N–H and O–H groups in total. The quantitative estimate of drug-likeness (QED) is 0.873. The van der Waals surface area contributed by atoms with Crippen molar-refractivity contribution in [1.29, 1.82) is 0 Å². The fraction of sp³-hybridized carbons (Fsp3) is 0.154. The van der Waals surface area contributed by atoms with Crippen LogP contribution < -0.4 is 5.32 Å². The second-order valence-corrected chi connectivity index (χ2v) is 6.93. The van der Waals surface area contributed by atoms with Crippen LogP contribution in [0.2, 0.25) is 10.2 Å². The highest BCUT2D eigenvalue weighted by molar-refractivity contribution is 7.90. The van der Waals surface area contributed by atoms with E-state index in [-0.39, 0.29) is 11.4 Å². The predicted molar refractivity (Wildman–Crippen MR) is 81.1 cm³/mol. The van der Waals surface area contributed by atoms with E-state index in [1.54, 1.807) is 30.5 Å². The summed E-state index contributed by atoms with van der Waals surface area (Å²) in [6, 6.07) is 8.28.